The van der Waals surface area contributed by atoms with Crippen LogP contribution in [0.3, 0.4) is 0 Å². The second-order valence-corrected chi connectivity index (χ2v) is 4.16. The van der Waals surface area contributed by atoms with Crippen molar-refractivity contribution in [1.82, 2.24) is 25.2 Å². The number of carboxylic acid groups (broad SMARTS) is 1. The van der Waals surface area contributed by atoms with Gasteiger partial charge in [-0.05, 0) is 6.92 Å². The van der Waals surface area contributed by atoms with Gasteiger partial charge in [-0.2, -0.15) is 0 Å². The molecule has 0 radical (unpaired) electrons. The van der Waals surface area contributed by atoms with Crippen LogP contribution in [0.2, 0.25) is 0 Å². The Morgan fingerprint density at radius 2 is 2.32 bits per heavy atom. The average Bonchev–Trinajstić information content (AvgIpc) is 2.81. The molecule has 0 saturated carbocycles. The SMILES string of the molecule is CC1C(=O)NCCN1C(=O)Cn1cc(C(=O)O)nn1. The molecule has 2 amide bonds. The molecule has 1 aromatic heterocycles. The number of amides is 2. The van der Waals surface area contributed by atoms with E-state index in [1.54, 1.807) is 6.92 Å². The summed E-state index contributed by atoms with van der Waals surface area (Å²) in [5.74, 6) is -1.71. The molecule has 1 aliphatic heterocycles. The standard InChI is InChI=1S/C10H13N5O4/c1-6-9(17)11-2-3-15(6)8(16)5-14-4-7(10(18)19)12-13-14/h4,6H,2-3,5H2,1H3,(H,11,17)(H,18,19). The molecule has 2 N–H and O–H groups in total. The molecule has 1 fully saturated rings. The van der Waals surface area contributed by atoms with Crippen molar-refractivity contribution in [1.29, 1.82) is 0 Å². The molecule has 0 spiro atoms. The summed E-state index contributed by atoms with van der Waals surface area (Å²) in [7, 11) is 0. The predicted octanol–water partition coefficient (Wildman–Crippen LogP) is -1.68. The van der Waals surface area contributed by atoms with Gasteiger partial charge < -0.3 is 15.3 Å². The Morgan fingerprint density at radius 1 is 1.58 bits per heavy atom. The Balaban J connectivity index is 2.03. The molecule has 102 valence electrons. The second-order valence-electron chi connectivity index (χ2n) is 4.16. The number of hydrogen-bond donors (Lipinski definition) is 2. The molecular weight excluding hydrogens is 254 g/mol. The predicted molar refractivity (Wildman–Crippen MR) is 61.2 cm³/mol. The number of carbonyl (C=O) groups is 3. The minimum Gasteiger partial charge on any atom is -0.476 e. The van der Waals surface area contributed by atoms with E-state index in [4.69, 9.17) is 5.11 Å². The summed E-state index contributed by atoms with van der Waals surface area (Å²) < 4.78 is 1.14. The van der Waals surface area contributed by atoms with Crippen LogP contribution < -0.4 is 5.32 Å². The number of aromatic nitrogens is 3. The zero-order chi connectivity index (χ0) is 14.0. The van der Waals surface area contributed by atoms with Gasteiger partial charge in [0.2, 0.25) is 11.8 Å². The summed E-state index contributed by atoms with van der Waals surface area (Å²) in [5.41, 5.74) is -0.225. The monoisotopic (exact) mass is 267 g/mol. The van der Waals surface area contributed by atoms with Crippen LogP contribution in [0.1, 0.15) is 17.4 Å². The van der Waals surface area contributed by atoms with Crippen LogP contribution in [0.5, 0.6) is 0 Å². The summed E-state index contributed by atoms with van der Waals surface area (Å²) in [6, 6.07) is -0.538. The van der Waals surface area contributed by atoms with E-state index in [2.05, 4.69) is 15.6 Å². The fourth-order valence-electron chi connectivity index (χ4n) is 1.83. The number of nitrogens with one attached hydrogen (secondary N) is 1. The fraction of sp³-hybridized carbons (Fsp3) is 0.500. The van der Waals surface area contributed by atoms with E-state index < -0.39 is 12.0 Å². The van der Waals surface area contributed by atoms with Crippen molar-refractivity contribution in [2.24, 2.45) is 0 Å². The van der Waals surface area contributed by atoms with E-state index in [0.29, 0.717) is 13.1 Å². The number of aromatic carboxylic acids is 1. The number of nitrogens with zero attached hydrogens (tertiary/aromatic N) is 4. The van der Waals surface area contributed by atoms with Crippen molar-refractivity contribution in [2.45, 2.75) is 19.5 Å². The lowest BCUT2D eigenvalue weighted by atomic mass is 10.2. The summed E-state index contributed by atoms with van der Waals surface area (Å²) in [4.78, 5) is 35.5. The third kappa shape index (κ3) is 2.69. The first-order chi connectivity index (χ1) is 8.99. The van der Waals surface area contributed by atoms with Crippen molar-refractivity contribution in [3.05, 3.63) is 11.9 Å². The van der Waals surface area contributed by atoms with Gasteiger partial charge in [0.15, 0.2) is 5.69 Å². The van der Waals surface area contributed by atoms with Gasteiger partial charge in [-0.25, -0.2) is 9.48 Å². The zero-order valence-electron chi connectivity index (χ0n) is 10.2. The number of hydrogen-bond acceptors (Lipinski definition) is 5. The number of rotatable bonds is 3. The quantitative estimate of drug-likeness (QED) is 0.675. The average molecular weight is 267 g/mol. The highest BCUT2D eigenvalue weighted by molar-refractivity contribution is 5.88. The van der Waals surface area contributed by atoms with E-state index >= 15 is 0 Å². The minimum absolute atomic E-state index is 0.141. The third-order valence-electron chi connectivity index (χ3n) is 2.87. The Morgan fingerprint density at radius 3 is 2.95 bits per heavy atom. The highest BCUT2D eigenvalue weighted by Gasteiger charge is 2.29. The molecular formula is C10H13N5O4. The summed E-state index contributed by atoms with van der Waals surface area (Å²) in [6.45, 7) is 2.33. The Kier molecular flexibility index (Phi) is 3.45. The second kappa shape index (κ2) is 5.04. The third-order valence-corrected chi connectivity index (χ3v) is 2.87. The lowest BCUT2D eigenvalue weighted by molar-refractivity contribution is -0.143. The molecule has 9 heteroatoms. The molecule has 2 heterocycles. The lowest BCUT2D eigenvalue weighted by Gasteiger charge is -2.32. The van der Waals surface area contributed by atoms with Gasteiger partial charge in [0.1, 0.15) is 12.6 Å². The highest BCUT2D eigenvalue weighted by atomic mass is 16.4. The van der Waals surface area contributed by atoms with Gasteiger partial charge in [-0.15, -0.1) is 5.10 Å². The maximum Gasteiger partial charge on any atom is 0.358 e. The normalized spacial score (nSPS) is 19.1. The first kappa shape index (κ1) is 13.0. The Labute approximate surface area is 108 Å². The summed E-state index contributed by atoms with van der Waals surface area (Å²) >= 11 is 0. The molecule has 0 aromatic carbocycles. The van der Waals surface area contributed by atoms with Crippen LogP contribution in [-0.4, -0.2) is 61.9 Å². The molecule has 0 aliphatic carbocycles. The van der Waals surface area contributed by atoms with Crippen molar-refractivity contribution in [3.63, 3.8) is 0 Å². The van der Waals surface area contributed by atoms with Crippen LogP contribution in [0.15, 0.2) is 6.20 Å². The molecule has 1 aliphatic rings. The fourth-order valence-corrected chi connectivity index (χ4v) is 1.83. The highest BCUT2D eigenvalue weighted by Crippen LogP contribution is 2.05. The van der Waals surface area contributed by atoms with Crippen molar-refractivity contribution in [2.75, 3.05) is 13.1 Å². The molecule has 1 saturated heterocycles. The summed E-state index contributed by atoms with van der Waals surface area (Å²) in [5, 5.41) is 18.3. The maximum absolute atomic E-state index is 12.0. The van der Waals surface area contributed by atoms with Crippen molar-refractivity contribution >= 4 is 17.8 Å². The molecule has 19 heavy (non-hydrogen) atoms. The molecule has 1 aromatic rings. The van der Waals surface area contributed by atoms with Crippen LogP contribution in [0.4, 0.5) is 0 Å². The topological polar surface area (TPSA) is 117 Å². The van der Waals surface area contributed by atoms with Gasteiger partial charge >= 0.3 is 5.97 Å². The molecule has 2 rings (SSSR count). The van der Waals surface area contributed by atoms with Gasteiger partial charge in [-0.3, -0.25) is 9.59 Å². The van der Waals surface area contributed by atoms with Crippen LogP contribution in [0, 0.1) is 0 Å². The number of carbonyl (C=O) groups excluding carboxylic acids is 2. The molecule has 9 nitrogen and oxygen atoms in total. The number of piperazine rings is 1. The minimum atomic E-state index is -1.20. The van der Waals surface area contributed by atoms with Gasteiger partial charge in [0.05, 0.1) is 6.20 Å². The van der Waals surface area contributed by atoms with Gasteiger partial charge in [0, 0.05) is 13.1 Å². The lowest BCUT2D eigenvalue weighted by Crippen LogP contribution is -2.56. The van der Waals surface area contributed by atoms with E-state index in [1.165, 1.54) is 11.1 Å². The van der Waals surface area contributed by atoms with Crippen molar-refractivity contribution in [3.8, 4) is 0 Å². The van der Waals surface area contributed by atoms with Gasteiger partial charge in [-0.1, -0.05) is 5.21 Å². The van der Waals surface area contributed by atoms with E-state index in [1.807, 2.05) is 0 Å². The van der Waals surface area contributed by atoms with E-state index in [0.717, 1.165) is 4.68 Å². The smallest absolute Gasteiger partial charge is 0.358 e. The molecule has 1 unspecified atom stereocenters. The first-order valence-electron chi connectivity index (χ1n) is 5.69. The van der Waals surface area contributed by atoms with Crippen LogP contribution in [-0.2, 0) is 16.1 Å². The largest absolute Gasteiger partial charge is 0.476 e. The van der Waals surface area contributed by atoms with Crippen molar-refractivity contribution < 1.29 is 19.5 Å². The van der Waals surface area contributed by atoms with E-state index in [-0.39, 0.29) is 24.1 Å². The van der Waals surface area contributed by atoms with Gasteiger partial charge in [0.25, 0.3) is 0 Å². The molecule has 0 bridgehead atoms. The zero-order valence-corrected chi connectivity index (χ0v) is 10.2. The first-order valence-corrected chi connectivity index (χ1v) is 5.69. The molecule has 1 atom stereocenters. The Hall–Kier alpha value is -2.45. The van der Waals surface area contributed by atoms with Crippen LogP contribution >= 0.6 is 0 Å². The number of carboxylic acids is 1. The van der Waals surface area contributed by atoms with E-state index in [9.17, 15) is 14.4 Å². The Bertz CT molecular complexity index is 526. The van der Waals surface area contributed by atoms with Crippen LogP contribution in [0.25, 0.3) is 0 Å². The summed E-state index contributed by atoms with van der Waals surface area (Å²) in [6.07, 6.45) is 1.18. The maximum atomic E-state index is 12.0.